The fraction of sp³-hybridized carbons (Fsp3) is 0.474. The molecule has 1 aliphatic heterocycles. The lowest BCUT2D eigenvalue weighted by Gasteiger charge is -2.52. The number of carbonyl (C=O) groups is 2. The van der Waals surface area contributed by atoms with Crippen molar-refractivity contribution < 1.29 is 9.59 Å². The van der Waals surface area contributed by atoms with E-state index in [2.05, 4.69) is 79.8 Å². The molecule has 3 aliphatic carbocycles. The summed E-state index contributed by atoms with van der Waals surface area (Å²) in [6.07, 6.45) is 11.0. The van der Waals surface area contributed by atoms with Crippen LogP contribution in [0.25, 0.3) is 10.9 Å². The molecule has 1 saturated carbocycles. The molecular formula is C38H43ClN2O2. The summed E-state index contributed by atoms with van der Waals surface area (Å²) < 4.78 is 2.29. The first-order valence-corrected chi connectivity index (χ1v) is 16.5. The molecule has 0 atom stereocenters. The summed E-state index contributed by atoms with van der Waals surface area (Å²) in [5.74, 6) is 0.111. The smallest absolute Gasteiger partial charge is 0.162 e. The van der Waals surface area contributed by atoms with Crippen LogP contribution in [-0.2, 0) is 16.1 Å². The van der Waals surface area contributed by atoms with E-state index in [1.165, 1.54) is 30.7 Å². The number of carbonyl (C=O) groups excluding carboxylic acids is 2. The first-order valence-electron chi connectivity index (χ1n) is 16.2. The van der Waals surface area contributed by atoms with Gasteiger partial charge in [0.25, 0.3) is 0 Å². The van der Waals surface area contributed by atoms with Crippen molar-refractivity contribution in [3.63, 3.8) is 0 Å². The van der Waals surface area contributed by atoms with Gasteiger partial charge in [0.15, 0.2) is 11.6 Å². The van der Waals surface area contributed by atoms with E-state index in [4.69, 9.17) is 11.6 Å². The van der Waals surface area contributed by atoms with Crippen molar-refractivity contribution in [3.8, 4) is 0 Å². The summed E-state index contributed by atoms with van der Waals surface area (Å²) >= 11 is 6.20. The Morgan fingerprint density at radius 2 is 1.35 bits per heavy atom. The van der Waals surface area contributed by atoms with Crippen LogP contribution in [0.15, 0.2) is 77.3 Å². The number of para-hydroxylation sites is 1. The molecule has 3 aromatic rings. The van der Waals surface area contributed by atoms with E-state index in [9.17, 15) is 9.59 Å². The Morgan fingerprint density at radius 3 is 1.95 bits per heavy atom. The zero-order valence-corrected chi connectivity index (χ0v) is 26.8. The molecule has 0 N–H and O–H groups in total. The molecule has 0 radical (unpaired) electrons. The van der Waals surface area contributed by atoms with Crippen molar-refractivity contribution in [3.05, 3.63) is 93.4 Å². The van der Waals surface area contributed by atoms with E-state index >= 15 is 0 Å². The first-order chi connectivity index (χ1) is 20.5. The number of aromatic nitrogens is 1. The average Bonchev–Trinajstić information content (AvgIpc) is 3.30. The molecular weight excluding hydrogens is 552 g/mol. The third kappa shape index (κ3) is 5.10. The predicted molar refractivity (Wildman–Crippen MR) is 174 cm³/mol. The Bertz CT molecular complexity index is 1630. The van der Waals surface area contributed by atoms with Crippen LogP contribution < -0.4 is 0 Å². The maximum Gasteiger partial charge on any atom is 0.162 e. The second-order valence-corrected chi connectivity index (χ2v) is 15.5. The quantitative estimate of drug-likeness (QED) is 0.302. The minimum absolute atomic E-state index is 0.109. The standard InChI is InChI=1S/C38H43ClN2O2/c1-37(2)18-30-35(32(42)20-37)34(36-31(19-38(3,4)21-33(36)43)41(30)26-10-6-5-7-11-26)28-23-40(29-13-9-8-12-27(28)29)22-24-14-16-25(39)17-15-24/h8-9,12-17,23,26,34H,5-7,10-11,18-22H2,1-4H3. The van der Waals surface area contributed by atoms with Gasteiger partial charge in [-0.1, -0.05) is 88.9 Å². The number of hydrogen-bond donors (Lipinski definition) is 0. The molecule has 4 nitrogen and oxygen atoms in total. The monoisotopic (exact) mass is 594 g/mol. The minimum Gasteiger partial charge on any atom is -0.345 e. The van der Waals surface area contributed by atoms with Gasteiger partial charge in [0.1, 0.15) is 0 Å². The number of hydrogen-bond acceptors (Lipinski definition) is 3. The van der Waals surface area contributed by atoms with E-state index in [1.807, 2.05) is 12.1 Å². The fourth-order valence-corrected chi connectivity index (χ4v) is 8.64. The fourth-order valence-electron chi connectivity index (χ4n) is 8.51. The lowest BCUT2D eigenvalue weighted by Crippen LogP contribution is -2.48. The van der Waals surface area contributed by atoms with E-state index in [0.29, 0.717) is 25.4 Å². The third-order valence-electron chi connectivity index (χ3n) is 10.3. The molecule has 43 heavy (non-hydrogen) atoms. The van der Waals surface area contributed by atoms with Gasteiger partial charge < -0.3 is 9.47 Å². The van der Waals surface area contributed by atoms with Gasteiger partial charge in [-0.2, -0.15) is 0 Å². The highest BCUT2D eigenvalue weighted by molar-refractivity contribution is 6.30. The number of nitrogens with zero attached hydrogens (tertiary/aromatic N) is 2. The minimum atomic E-state index is -0.326. The highest BCUT2D eigenvalue weighted by atomic mass is 35.5. The number of benzene rings is 2. The van der Waals surface area contributed by atoms with Crippen molar-refractivity contribution >= 4 is 34.1 Å². The number of rotatable bonds is 4. The number of allylic oxidation sites excluding steroid dienone is 4. The molecule has 2 heterocycles. The SMILES string of the molecule is CC1(C)CC(=O)C2=C(C1)N(C1CCCCC1)C1=C(C(=O)CC(C)(C)C1)C2c1cn(Cc2ccc(Cl)cc2)c2ccccc12. The van der Waals surface area contributed by atoms with Gasteiger partial charge in [0.05, 0.1) is 0 Å². The van der Waals surface area contributed by atoms with Gasteiger partial charge in [-0.15, -0.1) is 0 Å². The molecule has 7 rings (SSSR count). The third-order valence-corrected chi connectivity index (χ3v) is 10.5. The van der Waals surface area contributed by atoms with Crippen LogP contribution in [0, 0.1) is 10.8 Å². The van der Waals surface area contributed by atoms with Crippen LogP contribution in [0.4, 0.5) is 0 Å². The Kier molecular flexibility index (Phi) is 7.00. The predicted octanol–water partition coefficient (Wildman–Crippen LogP) is 9.36. The zero-order chi connectivity index (χ0) is 30.1. The Labute approximate surface area is 260 Å². The second-order valence-electron chi connectivity index (χ2n) is 15.1. The van der Waals surface area contributed by atoms with E-state index in [-0.39, 0.29) is 28.3 Å². The Balaban J connectivity index is 1.47. The van der Waals surface area contributed by atoms with Crippen molar-refractivity contribution in [2.75, 3.05) is 0 Å². The normalized spacial score (nSPS) is 22.8. The molecule has 1 fully saturated rings. The molecule has 0 amide bonds. The van der Waals surface area contributed by atoms with E-state index < -0.39 is 0 Å². The molecule has 0 unspecified atom stereocenters. The summed E-state index contributed by atoms with van der Waals surface area (Å²) in [4.78, 5) is 31.3. The van der Waals surface area contributed by atoms with Gasteiger partial charge in [0.2, 0.25) is 0 Å². The van der Waals surface area contributed by atoms with Gasteiger partial charge in [-0.05, 0) is 65.8 Å². The highest BCUT2D eigenvalue weighted by Crippen LogP contribution is 2.56. The lowest BCUT2D eigenvalue weighted by molar-refractivity contribution is -0.119. The van der Waals surface area contributed by atoms with Crippen molar-refractivity contribution in [2.24, 2.45) is 10.8 Å². The number of ketones is 2. The Morgan fingerprint density at radius 1 is 0.767 bits per heavy atom. The number of fused-ring (bicyclic) bond motifs is 1. The summed E-state index contributed by atoms with van der Waals surface area (Å²) in [7, 11) is 0. The number of Topliss-reactive ketones (excluding diaryl/α,β-unsaturated/α-hetero) is 2. The topological polar surface area (TPSA) is 42.3 Å². The van der Waals surface area contributed by atoms with Gasteiger partial charge in [-0.25, -0.2) is 0 Å². The second kappa shape index (κ2) is 10.5. The van der Waals surface area contributed by atoms with E-state index in [0.717, 1.165) is 63.9 Å². The highest BCUT2D eigenvalue weighted by Gasteiger charge is 2.50. The van der Waals surface area contributed by atoms with Crippen LogP contribution in [0.5, 0.6) is 0 Å². The van der Waals surface area contributed by atoms with Gasteiger partial charge >= 0.3 is 0 Å². The molecule has 224 valence electrons. The molecule has 0 spiro atoms. The largest absolute Gasteiger partial charge is 0.345 e. The maximum atomic E-state index is 14.4. The summed E-state index contributed by atoms with van der Waals surface area (Å²) in [5.41, 5.74) is 7.36. The van der Waals surface area contributed by atoms with Crippen molar-refractivity contribution in [2.45, 2.75) is 104 Å². The average molecular weight is 595 g/mol. The maximum absolute atomic E-state index is 14.4. The molecule has 5 heteroatoms. The van der Waals surface area contributed by atoms with E-state index in [1.54, 1.807) is 0 Å². The van der Waals surface area contributed by atoms with Crippen LogP contribution >= 0.6 is 11.6 Å². The lowest BCUT2D eigenvalue weighted by atomic mass is 9.63. The summed E-state index contributed by atoms with van der Waals surface area (Å²) in [5, 5.41) is 1.85. The molecule has 0 bridgehead atoms. The molecule has 2 aromatic carbocycles. The zero-order valence-electron chi connectivity index (χ0n) is 26.0. The van der Waals surface area contributed by atoms with Crippen LogP contribution in [0.1, 0.15) is 103 Å². The van der Waals surface area contributed by atoms with Crippen LogP contribution in [0.3, 0.4) is 0 Å². The van der Waals surface area contributed by atoms with Crippen LogP contribution in [-0.4, -0.2) is 27.1 Å². The first kappa shape index (κ1) is 28.6. The molecule has 0 saturated heterocycles. The van der Waals surface area contributed by atoms with Crippen LogP contribution in [0.2, 0.25) is 5.02 Å². The summed E-state index contributed by atoms with van der Waals surface area (Å²) in [6, 6.07) is 16.9. The molecule has 1 aromatic heterocycles. The van der Waals surface area contributed by atoms with Crippen molar-refractivity contribution in [1.29, 1.82) is 0 Å². The Hall–Kier alpha value is -3.11. The molecule has 4 aliphatic rings. The summed E-state index contributed by atoms with van der Waals surface area (Å²) in [6.45, 7) is 9.64. The van der Waals surface area contributed by atoms with Crippen molar-refractivity contribution in [1.82, 2.24) is 9.47 Å². The van der Waals surface area contributed by atoms with Gasteiger partial charge in [-0.3, -0.25) is 9.59 Å². The van der Waals surface area contributed by atoms with Gasteiger partial charge in [0, 0.05) is 76.0 Å². The number of halogens is 1.